The molecule has 0 bridgehead atoms. The van der Waals surface area contributed by atoms with E-state index in [2.05, 4.69) is 32.9 Å². The summed E-state index contributed by atoms with van der Waals surface area (Å²) in [5.41, 5.74) is 8.47. The van der Waals surface area contributed by atoms with E-state index in [1.54, 1.807) is 0 Å². The second-order valence-corrected chi connectivity index (χ2v) is 6.49. The molecule has 2 aromatic rings. The zero-order valence-corrected chi connectivity index (χ0v) is 15.4. The molecule has 1 aromatic heterocycles. The minimum Gasteiger partial charge on any atom is -0.382 e. The molecule has 6 nitrogen and oxygen atoms in total. The Morgan fingerprint density at radius 1 is 1.37 bits per heavy atom. The third-order valence-corrected chi connectivity index (χ3v) is 4.31. The molecule has 0 saturated heterocycles. The standard InChI is InChI=1S/C19H19ClFN5O/c1-13-5-3-2-4-9-26(10-8-13)12-17-18(25-27-24-17)19(22)23-14-6-7-16(21)15(20)11-14/h2-7,11H,1,8-10,12H2,(H2,22,23)/b4-2-,5-3-. The number of nitrogens with zero attached hydrogens (tertiary/aromatic N) is 4. The van der Waals surface area contributed by atoms with Crippen LogP contribution in [0.3, 0.4) is 0 Å². The predicted molar refractivity (Wildman–Crippen MR) is 103 cm³/mol. The third-order valence-electron chi connectivity index (χ3n) is 4.02. The molecule has 0 atom stereocenters. The first-order chi connectivity index (χ1) is 13.0. The summed E-state index contributed by atoms with van der Waals surface area (Å²) in [6.07, 6.45) is 8.87. The van der Waals surface area contributed by atoms with Crippen molar-refractivity contribution in [3.63, 3.8) is 0 Å². The summed E-state index contributed by atoms with van der Waals surface area (Å²) >= 11 is 5.78. The number of benzene rings is 1. The van der Waals surface area contributed by atoms with E-state index in [4.69, 9.17) is 22.0 Å². The van der Waals surface area contributed by atoms with Gasteiger partial charge in [0.25, 0.3) is 0 Å². The summed E-state index contributed by atoms with van der Waals surface area (Å²) in [4.78, 5) is 6.42. The van der Waals surface area contributed by atoms with Gasteiger partial charge in [-0.25, -0.2) is 14.0 Å². The van der Waals surface area contributed by atoms with Gasteiger partial charge in [0.2, 0.25) is 0 Å². The summed E-state index contributed by atoms with van der Waals surface area (Å²) in [6, 6.07) is 4.10. The summed E-state index contributed by atoms with van der Waals surface area (Å²) in [5, 5.41) is 7.81. The molecule has 0 fully saturated rings. The fraction of sp³-hybridized carbons (Fsp3) is 0.211. The molecule has 0 spiro atoms. The van der Waals surface area contributed by atoms with E-state index in [0.29, 0.717) is 23.6 Å². The largest absolute Gasteiger partial charge is 0.382 e. The lowest BCUT2D eigenvalue weighted by molar-refractivity contribution is 0.271. The number of hydrogen-bond acceptors (Lipinski definition) is 5. The number of rotatable bonds is 4. The lowest BCUT2D eigenvalue weighted by Gasteiger charge is -2.19. The maximum Gasteiger partial charge on any atom is 0.174 e. The molecule has 0 radical (unpaired) electrons. The van der Waals surface area contributed by atoms with Crippen molar-refractivity contribution in [3.8, 4) is 0 Å². The highest BCUT2D eigenvalue weighted by molar-refractivity contribution is 6.31. The van der Waals surface area contributed by atoms with Gasteiger partial charge in [-0.1, -0.05) is 53.2 Å². The molecule has 1 aromatic carbocycles. The number of nitrogens with two attached hydrogens (primary N) is 1. The van der Waals surface area contributed by atoms with Gasteiger partial charge in [-0.2, -0.15) is 0 Å². The van der Waals surface area contributed by atoms with Crippen LogP contribution in [0.1, 0.15) is 17.8 Å². The molecule has 1 aliphatic rings. The average Bonchev–Trinajstić information content (AvgIpc) is 3.12. The lowest BCUT2D eigenvalue weighted by atomic mass is 10.2. The zero-order chi connectivity index (χ0) is 19.2. The highest BCUT2D eigenvalue weighted by Gasteiger charge is 2.17. The van der Waals surface area contributed by atoms with E-state index in [1.165, 1.54) is 18.2 Å². The van der Waals surface area contributed by atoms with Gasteiger partial charge in [0, 0.05) is 19.6 Å². The fourth-order valence-electron chi connectivity index (χ4n) is 2.56. The van der Waals surface area contributed by atoms with Crippen LogP contribution >= 0.6 is 11.6 Å². The van der Waals surface area contributed by atoms with Gasteiger partial charge in [0.1, 0.15) is 11.5 Å². The van der Waals surface area contributed by atoms with Crippen molar-refractivity contribution in [2.75, 3.05) is 13.1 Å². The Labute approximate surface area is 161 Å². The Balaban J connectivity index is 1.77. The summed E-state index contributed by atoms with van der Waals surface area (Å²) in [7, 11) is 0. The molecule has 2 heterocycles. The van der Waals surface area contributed by atoms with Gasteiger partial charge < -0.3 is 5.73 Å². The Kier molecular flexibility index (Phi) is 6.16. The molecule has 0 amide bonds. The lowest BCUT2D eigenvalue weighted by Crippen LogP contribution is -2.27. The van der Waals surface area contributed by atoms with Crippen LogP contribution in [-0.4, -0.2) is 34.1 Å². The number of amidine groups is 1. The maximum atomic E-state index is 13.3. The SMILES string of the molecule is C=C1/C=C\C=C/CN(Cc2nonc2C(N)=Nc2ccc(F)c(Cl)c2)CC1. The van der Waals surface area contributed by atoms with Gasteiger partial charge in [0.05, 0.1) is 10.7 Å². The molecule has 0 aliphatic carbocycles. The predicted octanol–water partition coefficient (Wildman–Crippen LogP) is 3.77. The summed E-state index contributed by atoms with van der Waals surface area (Å²) in [5.74, 6) is -0.394. The number of aromatic nitrogens is 2. The van der Waals surface area contributed by atoms with E-state index in [0.717, 1.165) is 25.1 Å². The van der Waals surface area contributed by atoms with Crippen molar-refractivity contribution in [2.45, 2.75) is 13.0 Å². The Hall–Kier alpha value is -2.77. The Morgan fingerprint density at radius 2 is 2.22 bits per heavy atom. The van der Waals surface area contributed by atoms with Crippen LogP contribution in [0.15, 0.2) is 64.3 Å². The van der Waals surface area contributed by atoms with E-state index in [9.17, 15) is 4.39 Å². The monoisotopic (exact) mass is 387 g/mol. The molecule has 3 rings (SSSR count). The van der Waals surface area contributed by atoms with Crippen molar-refractivity contribution in [1.82, 2.24) is 15.2 Å². The van der Waals surface area contributed by atoms with Gasteiger partial charge in [-0.15, -0.1) is 0 Å². The van der Waals surface area contributed by atoms with E-state index in [1.807, 2.05) is 18.2 Å². The Bertz CT molecular complexity index is 919. The first kappa shape index (κ1) is 19.0. The van der Waals surface area contributed by atoms with Crippen LogP contribution < -0.4 is 5.73 Å². The molecule has 140 valence electrons. The minimum absolute atomic E-state index is 0.0279. The van der Waals surface area contributed by atoms with Crippen LogP contribution in [0.4, 0.5) is 10.1 Å². The number of allylic oxidation sites excluding steroid dienone is 3. The van der Waals surface area contributed by atoms with Crippen LogP contribution in [0.25, 0.3) is 0 Å². The quantitative estimate of drug-likeness (QED) is 0.638. The van der Waals surface area contributed by atoms with Crippen LogP contribution in [-0.2, 0) is 6.54 Å². The highest BCUT2D eigenvalue weighted by Crippen LogP contribution is 2.22. The third kappa shape index (κ3) is 5.12. The first-order valence-corrected chi connectivity index (χ1v) is 8.75. The van der Waals surface area contributed by atoms with E-state index < -0.39 is 5.82 Å². The second kappa shape index (κ2) is 8.75. The Morgan fingerprint density at radius 3 is 3.04 bits per heavy atom. The van der Waals surface area contributed by atoms with Crippen molar-refractivity contribution in [3.05, 3.63) is 76.9 Å². The van der Waals surface area contributed by atoms with E-state index in [-0.39, 0.29) is 10.9 Å². The molecule has 0 saturated carbocycles. The minimum atomic E-state index is -0.518. The van der Waals surface area contributed by atoms with Crippen LogP contribution in [0.5, 0.6) is 0 Å². The number of hydrogen-bond donors (Lipinski definition) is 1. The molecule has 27 heavy (non-hydrogen) atoms. The second-order valence-electron chi connectivity index (χ2n) is 6.09. The van der Waals surface area contributed by atoms with Crippen molar-refractivity contribution < 1.29 is 9.02 Å². The van der Waals surface area contributed by atoms with Gasteiger partial charge in [0.15, 0.2) is 11.5 Å². The highest BCUT2D eigenvalue weighted by atomic mass is 35.5. The average molecular weight is 388 g/mol. The molecular weight excluding hydrogens is 369 g/mol. The van der Waals surface area contributed by atoms with Crippen molar-refractivity contribution in [1.29, 1.82) is 0 Å². The summed E-state index contributed by atoms with van der Waals surface area (Å²) < 4.78 is 18.2. The number of halogens is 2. The maximum absolute atomic E-state index is 13.3. The van der Waals surface area contributed by atoms with Gasteiger partial charge in [-0.3, -0.25) is 4.90 Å². The molecule has 0 unspecified atom stereocenters. The van der Waals surface area contributed by atoms with Crippen LogP contribution in [0.2, 0.25) is 5.02 Å². The van der Waals surface area contributed by atoms with Crippen molar-refractivity contribution >= 4 is 23.1 Å². The molecular formula is C19H19ClFN5O. The molecule has 2 N–H and O–H groups in total. The topological polar surface area (TPSA) is 80.5 Å². The first-order valence-electron chi connectivity index (χ1n) is 8.37. The van der Waals surface area contributed by atoms with Gasteiger partial charge in [-0.05, 0) is 29.8 Å². The van der Waals surface area contributed by atoms with E-state index >= 15 is 0 Å². The molecule has 8 heteroatoms. The normalized spacial score (nSPS) is 18.6. The smallest absolute Gasteiger partial charge is 0.174 e. The van der Waals surface area contributed by atoms with Crippen molar-refractivity contribution in [2.24, 2.45) is 10.7 Å². The van der Waals surface area contributed by atoms with Gasteiger partial charge >= 0.3 is 0 Å². The molecule has 1 aliphatic heterocycles. The zero-order valence-electron chi connectivity index (χ0n) is 14.6. The number of aliphatic imine (C=N–C) groups is 1. The van der Waals surface area contributed by atoms with Crippen LogP contribution in [0, 0.1) is 5.82 Å². The summed E-state index contributed by atoms with van der Waals surface area (Å²) in [6.45, 7) is 6.08. The fourth-order valence-corrected chi connectivity index (χ4v) is 2.74.